The molecule has 106 valence electrons. The first-order chi connectivity index (χ1) is 8.76. The molecule has 0 saturated heterocycles. The van der Waals surface area contributed by atoms with E-state index in [1.165, 1.54) is 5.56 Å². The lowest BCUT2D eigenvalue weighted by atomic mass is 10.1. The van der Waals surface area contributed by atoms with Crippen molar-refractivity contribution in [1.82, 2.24) is 0 Å². The third-order valence-corrected chi connectivity index (χ3v) is 8.28. The SMILES string of the molecule is CC(C)(C)[Si](C)(C)OCc1ccc(C=CCO)cc1. The second-order valence-corrected chi connectivity index (χ2v) is 11.2. The Morgan fingerprint density at radius 3 is 2.21 bits per heavy atom. The zero-order valence-corrected chi connectivity index (χ0v) is 13.7. The van der Waals surface area contributed by atoms with Crippen LogP contribution in [0.1, 0.15) is 31.9 Å². The quantitative estimate of drug-likeness (QED) is 0.817. The molecular formula is C16H26O2Si. The Hall–Kier alpha value is -0.903. The Morgan fingerprint density at radius 1 is 1.16 bits per heavy atom. The van der Waals surface area contributed by atoms with Gasteiger partial charge in [-0.1, -0.05) is 57.2 Å². The van der Waals surface area contributed by atoms with Crippen LogP contribution in [0.5, 0.6) is 0 Å². The van der Waals surface area contributed by atoms with Gasteiger partial charge in [-0.2, -0.15) is 0 Å². The Balaban J connectivity index is 2.62. The minimum atomic E-state index is -1.67. The Kier molecular flexibility index (Phi) is 5.53. The van der Waals surface area contributed by atoms with Crippen molar-refractivity contribution < 1.29 is 9.53 Å². The maximum atomic E-state index is 8.73. The van der Waals surface area contributed by atoms with E-state index in [0.29, 0.717) is 6.61 Å². The van der Waals surface area contributed by atoms with Gasteiger partial charge in [0.05, 0.1) is 13.2 Å². The molecule has 2 nitrogen and oxygen atoms in total. The average Bonchev–Trinajstić information content (AvgIpc) is 2.34. The van der Waals surface area contributed by atoms with E-state index in [-0.39, 0.29) is 11.6 Å². The fourth-order valence-electron chi connectivity index (χ4n) is 1.39. The minimum Gasteiger partial charge on any atom is -0.413 e. The molecule has 0 heterocycles. The molecule has 0 aromatic heterocycles. The topological polar surface area (TPSA) is 29.5 Å². The van der Waals surface area contributed by atoms with Gasteiger partial charge in [0, 0.05) is 0 Å². The molecule has 0 amide bonds. The molecule has 0 radical (unpaired) electrons. The van der Waals surface area contributed by atoms with Crippen LogP contribution in [-0.4, -0.2) is 20.0 Å². The van der Waals surface area contributed by atoms with Crippen LogP contribution in [-0.2, 0) is 11.0 Å². The predicted molar refractivity (Wildman–Crippen MR) is 84.5 cm³/mol. The summed E-state index contributed by atoms with van der Waals surface area (Å²) in [5, 5.41) is 8.98. The predicted octanol–water partition coefficient (Wildman–Crippen LogP) is 4.21. The van der Waals surface area contributed by atoms with Crippen molar-refractivity contribution in [2.75, 3.05) is 6.61 Å². The normalized spacial score (nSPS) is 13.2. The van der Waals surface area contributed by atoms with Crippen molar-refractivity contribution in [1.29, 1.82) is 0 Å². The summed E-state index contributed by atoms with van der Waals surface area (Å²) in [6.07, 6.45) is 3.65. The number of aliphatic hydroxyl groups excluding tert-OH is 1. The van der Waals surface area contributed by atoms with E-state index in [0.717, 1.165) is 5.56 Å². The molecule has 1 N–H and O–H groups in total. The van der Waals surface area contributed by atoms with Crippen molar-refractivity contribution in [3.05, 3.63) is 41.5 Å². The van der Waals surface area contributed by atoms with Gasteiger partial charge >= 0.3 is 0 Å². The fourth-order valence-corrected chi connectivity index (χ4v) is 2.35. The highest BCUT2D eigenvalue weighted by Crippen LogP contribution is 2.37. The molecule has 0 aliphatic rings. The molecule has 1 aromatic rings. The van der Waals surface area contributed by atoms with Gasteiger partial charge in [0.2, 0.25) is 0 Å². The van der Waals surface area contributed by atoms with Gasteiger partial charge < -0.3 is 9.53 Å². The first-order valence-corrected chi connectivity index (χ1v) is 9.67. The lowest BCUT2D eigenvalue weighted by molar-refractivity contribution is 0.276. The van der Waals surface area contributed by atoms with Crippen molar-refractivity contribution in [2.24, 2.45) is 0 Å². The fraction of sp³-hybridized carbons (Fsp3) is 0.500. The van der Waals surface area contributed by atoms with Gasteiger partial charge in [0.1, 0.15) is 0 Å². The van der Waals surface area contributed by atoms with Crippen LogP contribution in [0.4, 0.5) is 0 Å². The third-order valence-electron chi connectivity index (χ3n) is 3.80. The standard InChI is InChI=1S/C16H26O2Si/c1-16(2,3)19(4,5)18-13-15-10-8-14(9-11-15)7-6-12-17/h6-11,17H,12-13H2,1-5H3. The molecule has 0 bridgehead atoms. The van der Waals surface area contributed by atoms with Crippen LogP contribution in [0, 0.1) is 0 Å². The number of benzene rings is 1. The summed E-state index contributed by atoms with van der Waals surface area (Å²) in [5.74, 6) is 0. The van der Waals surface area contributed by atoms with Gasteiger partial charge in [-0.15, -0.1) is 0 Å². The first-order valence-electron chi connectivity index (χ1n) is 6.76. The summed E-state index contributed by atoms with van der Waals surface area (Å²) in [4.78, 5) is 0. The highest BCUT2D eigenvalue weighted by Gasteiger charge is 2.36. The lowest BCUT2D eigenvalue weighted by Gasteiger charge is -2.36. The van der Waals surface area contributed by atoms with E-state index in [1.54, 1.807) is 6.08 Å². The zero-order valence-electron chi connectivity index (χ0n) is 12.7. The van der Waals surface area contributed by atoms with E-state index in [2.05, 4.69) is 58.1 Å². The summed E-state index contributed by atoms with van der Waals surface area (Å²) < 4.78 is 6.18. The summed E-state index contributed by atoms with van der Waals surface area (Å²) in [6, 6.07) is 8.28. The molecule has 0 fully saturated rings. The molecule has 0 atom stereocenters. The molecule has 1 rings (SSSR count). The van der Waals surface area contributed by atoms with Crippen LogP contribution in [0.25, 0.3) is 6.08 Å². The van der Waals surface area contributed by atoms with Gasteiger partial charge in [-0.05, 0) is 29.3 Å². The van der Waals surface area contributed by atoms with Gasteiger partial charge in [-0.3, -0.25) is 0 Å². The van der Waals surface area contributed by atoms with E-state index in [4.69, 9.17) is 9.53 Å². The second kappa shape index (κ2) is 6.50. The molecule has 0 aliphatic carbocycles. The van der Waals surface area contributed by atoms with Crippen molar-refractivity contribution >= 4 is 14.4 Å². The summed E-state index contributed by atoms with van der Waals surface area (Å²) >= 11 is 0. The molecule has 0 spiro atoms. The largest absolute Gasteiger partial charge is 0.413 e. The first kappa shape index (κ1) is 16.2. The molecule has 0 saturated carbocycles. The highest BCUT2D eigenvalue weighted by molar-refractivity contribution is 6.74. The number of aliphatic hydroxyl groups is 1. The highest BCUT2D eigenvalue weighted by atomic mass is 28.4. The van der Waals surface area contributed by atoms with E-state index >= 15 is 0 Å². The monoisotopic (exact) mass is 278 g/mol. The molecule has 19 heavy (non-hydrogen) atoms. The second-order valence-electron chi connectivity index (χ2n) is 6.38. The summed E-state index contributed by atoms with van der Waals surface area (Å²) in [5.41, 5.74) is 2.30. The van der Waals surface area contributed by atoms with Crippen molar-refractivity contribution in [3.63, 3.8) is 0 Å². The van der Waals surface area contributed by atoms with E-state index in [9.17, 15) is 0 Å². The van der Waals surface area contributed by atoms with Crippen LogP contribution in [0.2, 0.25) is 18.1 Å². The Labute approximate surface area is 118 Å². The lowest BCUT2D eigenvalue weighted by Crippen LogP contribution is -2.40. The van der Waals surface area contributed by atoms with Gasteiger partial charge in [-0.25, -0.2) is 0 Å². The van der Waals surface area contributed by atoms with E-state index in [1.807, 2.05) is 6.08 Å². The Bertz CT molecular complexity index is 413. The van der Waals surface area contributed by atoms with Gasteiger partial charge in [0.15, 0.2) is 8.32 Å². The summed E-state index contributed by atoms with van der Waals surface area (Å²) in [6.45, 7) is 12.1. The average molecular weight is 278 g/mol. The minimum absolute atomic E-state index is 0.0796. The maximum Gasteiger partial charge on any atom is 0.192 e. The molecule has 3 heteroatoms. The van der Waals surface area contributed by atoms with Crippen molar-refractivity contribution in [3.8, 4) is 0 Å². The van der Waals surface area contributed by atoms with E-state index < -0.39 is 8.32 Å². The molecule has 0 unspecified atom stereocenters. The third kappa shape index (κ3) is 4.94. The maximum absolute atomic E-state index is 8.73. The van der Waals surface area contributed by atoms with Crippen LogP contribution < -0.4 is 0 Å². The van der Waals surface area contributed by atoms with Crippen LogP contribution in [0.3, 0.4) is 0 Å². The zero-order chi connectivity index (χ0) is 14.5. The molecule has 1 aromatic carbocycles. The summed E-state index contributed by atoms with van der Waals surface area (Å²) in [7, 11) is -1.67. The molecule has 0 aliphatic heterocycles. The Morgan fingerprint density at radius 2 is 1.74 bits per heavy atom. The smallest absolute Gasteiger partial charge is 0.192 e. The molecular weight excluding hydrogens is 252 g/mol. The number of hydrogen-bond acceptors (Lipinski definition) is 2. The van der Waals surface area contributed by atoms with Crippen LogP contribution >= 0.6 is 0 Å². The van der Waals surface area contributed by atoms with Crippen LogP contribution in [0.15, 0.2) is 30.3 Å². The number of rotatable bonds is 5. The van der Waals surface area contributed by atoms with Gasteiger partial charge in [0.25, 0.3) is 0 Å². The number of hydrogen-bond donors (Lipinski definition) is 1. The van der Waals surface area contributed by atoms with Crippen molar-refractivity contribution in [2.45, 2.75) is 45.5 Å².